The van der Waals surface area contributed by atoms with Crippen LogP contribution in [0.4, 0.5) is 5.69 Å². The second kappa shape index (κ2) is 6.59. The number of hydrogen-bond acceptors (Lipinski definition) is 1. The second-order valence-electron chi connectivity index (χ2n) is 6.91. The molecule has 1 aromatic heterocycles. The molecule has 1 aliphatic rings. The lowest BCUT2D eigenvalue weighted by Gasteiger charge is -2.21. The number of thiophene rings is 1. The largest absolute Gasteiger partial charge is 0.210 e. The van der Waals surface area contributed by atoms with Gasteiger partial charge >= 0.3 is 0 Å². The van der Waals surface area contributed by atoms with Gasteiger partial charge in [-0.1, -0.05) is 30.3 Å². The van der Waals surface area contributed by atoms with Gasteiger partial charge in [-0.25, -0.2) is 0 Å². The highest BCUT2D eigenvalue weighted by atomic mass is 32.1. The quantitative estimate of drug-likeness (QED) is 0.399. The summed E-state index contributed by atoms with van der Waals surface area (Å²) in [6, 6.07) is 17.4. The smallest absolute Gasteiger partial charge is 0.198 e. The number of fused-ring (bicyclic) bond motifs is 3. The highest BCUT2D eigenvalue weighted by Crippen LogP contribution is 2.45. The lowest BCUT2D eigenvalue weighted by atomic mass is 9.75. The zero-order chi connectivity index (χ0) is 18.1. The van der Waals surface area contributed by atoms with Gasteiger partial charge in [-0.15, -0.1) is 23.2 Å². The van der Waals surface area contributed by atoms with Crippen LogP contribution in [0.2, 0.25) is 0 Å². The van der Waals surface area contributed by atoms with Crippen molar-refractivity contribution in [2.45, 2.75) is 25.7 Å². The maximum absolute atomic E-state index is 3.35. The Morgan fingerprint density at radius 2 is 1.92 bits per heavy atom. The topological polar surface area (TPSA) is 3.01 Å². The first kappa shape index (κ1) is 16.8. The van der Waals surface area contributed by atoms with Gasteiger partial charge in [0.25, 0.3) is 0 Å². The van der Waals surface area contributed by atoms with Crippen LogP contribution in [0.3, 0.4) is 0 Å². The van der Waals surface area contributed by atoms with Gasteiger partial charge in [-0.3, -0.25) is 0 Å². The molecule has 1 aliphatic heterocycles. The highest BCUT2D eigenvalue weighted by molar-refractivity contribution is 7.10. The molecule has 0 saturated carbocycles. The van der Waals surface area contributed by atoms with E-state index in [1.165, 1.54) is 32.6 Å². The van der Waals surface area contributed by atoms with E-state index in [1.54, 1.807) is 11.3 Å². The number of hydrogen-bond donors (Lipinski definition) is 0. The molecule has 0 N–H and O–H groups in total. The minimum absolute atomic E-state index is 0.123. The Labute approximate surface area is 159 Å². The predicted molar refractivity (Wildman–Crippen MR) is 114 cm³/mol. The van der Waals surface area contributed by atoms with Gasteiger partial charge in [0, 0.05) is 29.0 Å². The van der Waals surface area contributed by atoms with Crippen molar-refractivity contribution in [3.63, 3.8) is 0 Å². The Hall–Kier alpha value is -2.63. The van der Waals surface area contributed by atoms with Crippen LogP contribution in [0.1, 0.15) is 30.7 Å². The van der Waals surface area contributed by atoms with Crippen molar-refractivity contribution in [2.24, 2.45) is 0 Å². The van der Waals surface area contributed by atoms with Crippen molar-refractivity contribution < 1.29 is 4.58 Å². The summed E-state index contributed by atoms with van der Waals surface area (Å²) in [7, 11) is 2.17. The molecule has 1 unspecified atom stereocenters. The molecule has 2 heterocycles. The molecular weight excluding hydrogens is 334 g/mol. The maximum atomic E-state index is 3.35. The number of rotatable bonds is 3. The summed E-state index contributed by atoms with van der Waals surface area (Å²) in [5, 5.41) is 4.74. The third-order valence-corrected chi connectivity index (χ3v) is 6.15. The third kappa shape index (κ3) is 2.60. The molecule has 2 aromatic carbocycles. The number of allylic oxidation sites excluding steroid dienone is 1. The summed E-state index contributed by atoms with van der Waals surface area (Å²) in [6.07, 6.45) is 5.32. The minimum Gasteiger partial charge on any atom is -0.198 e. The molecule has 128 valence electrons. The van der Waals surface area contributed by atoms with Crippen LogP contribution < -0.4 is 0 Å². The third-order valence-electron chi connectivity index (χ3n) is 5.31. The van der Waals surface area contributed by atoms with E-state index < -0.39 is 0 Å². The minimum atomic E-state index is -0.123. The van der Waals surface area contributed by atoms with E-state index in [4.69, 9.17) is 0 Å². The fraction of sp³-hybridized carbons (Fsp3) is 0.208. The van der Waals surface area contributed by atoms with Crippen molar-refractivity contribution in [2.75, 3.05) is 7.05 Å². The predicted octanol–water partition coefficient (Wildman–Crippen LogP) is 6.01. The molecule has 1 atom stereocenters. The van der Waals surface area contributed by atoms with E-state index in [9.17, 15) is 0 Å². The Balaban J connectivity index is 1.94. The van der Waals surface area contributed by atoms with Gasteiger partial charge in [0.2, 0.25) is 5.69 Å². The van der Waals surface area contributed by atoms with Gasteiger partial charge in [0.15, 0.2) is 5.71 Å². The molecule has 1 nitrogen and oxygen atoms in total. The maximum Gasteiger partial charge on any atom is 0.210 e. The van der Waals surface area contributed by atoms with Crippen LogP contribution in [0, 0.1) is 11.8 Å². The first-order chi connectivity index (χ1) is 12.6. The van der Waals surface area contributed by atoms with Crippen molar-refractivity contribution in [3.8, 4) is 11.8 Å². The SMILES string of the molecule is CC#CCC1(C)C(C=Cc2cccs2)=[N+](C)c2ccc3ccccc3c21. The Morgan fingerprint density at radius 3 is 2.69 bits per heavy atom. The normalized spacial score (nSPS) is 19.0. The van der Waals surface area contributed by atoms with E-state index in [-0.39, 0.29) is 5.41 Å². The number of benzene rings is 2. The molecule has 0 radical (unpaired) electrons. The van der Waals surface area contributed by atoms with Crippen LogP contribution in [-0.2, 0) is 5.41 Å². The molecular formula is C24H22NS+. The van der Waals surface area contributed by atoms with E-state index in [2.05, 4.69) is 96.5 Å². The summed E-state index contributed by atoms with van der Waals surface area (Å²) in [5.41, 5.74) is 3.86. The van der Waals surface area contributed by atoms with Crippen LogP contribution in [-0.4, -0.2) is 17.3 Å². The van der Waals surface area contributed by atoms with Gasteiger partial charge in [0.1, 0.15) is 7.05 Å². The van der Waals surface area contributed by atoms with Crippen LogP contribution >= 0.6 is 11.3 Å². The molecule has 0 fully saturated rings. The molecule has 0 aliphatic carbocycles. The summed E-state index contributed by atoms with van der Waals surface area (Å²) in [6.45, 7) is 4.26. The second-order valence-corrected chi connectivity index (χ2v) is 7.89. The highest BCUT2D eigenvalue weighted by Gasteiger charge is 2.47. The average Bonchev–Trinajstić information content (AvgIpc) is 3.25. The van der Waals surface area contributed by atoms with Crippen molar-refractivity contribution in [1.29, 1.82) is 0 Å². The van der Waals surface area contributed by atoms with Crippen LogP contribution in [0.25, 0.3) is 16.8 Å². The molecule has 0 amide bonds. The standard InChI is InChI=1S/C24H22NS/c1-4-5-16-24(2)22(15-13-19-10-8-17-26-19)25(3)21-14-12-18-9-6-7-11-20(18)23(21)24/h6-15,17H,16H2,1-3H3/q+1. The fourth-order valence-electron chi connectivity index (χ4n) is 4.03. The van der Waals surface area contributed by atoms with Crippen LogP contribution in [0.15, 0.2) is 60.0 Å². The Kier molecular flexibility index (Phi) is 4.26. The molecule has 2 heteroatoms. The van der Waals surface area contributed by atoms with Gasteiger partial charge in [0.05, 0.1) is 5.41 Å². The summed E-state index contributed by atoms with van der Waals surface area (Å²) in [5.74, 6) is 6.45. The average molecular weight is 357 g/mol. The lowest BCUT2D eigenvalue weighted by Crippen LogP contribution is -2.30. The first-order valence-electron chi connectivity index (χ1n) is 8.90. The summed E-state index contributed by atoms with van der Waals surface area (Å²) < 4.78 is 2.34. The Morgan fingerprint density at radius 1 is 1.08 bits per heavy atom. The summed E-state index contributed by atoms with van der Waals surface area (Å²) >= 11 is 1.77. The molecule has 0 saturated heterocycles. The van der Waals surface area contributed by atoms with Crippen molar-refractivity contribution >= 4 is 39.6 Å². The number of nitrogens with zero attached hydrogens (tertiary/aromatic N) is 1. The first-order valence-corrected chi connectivity index (χ1v) is 9.78. The summed E-state index contributed by atoms with van der Waals surface area (Å²) in [4.78, 5) is 1.27. The zero-order valence-corrected chi connectivity index (χ0v) is 16.2. The molecule has 0 bridgehead atoms. The molecule has 0 spiro atoms. The van der Waals surface area contributed by atoms with E-state index in [0.29, 0.717) is 0 Å². The molecule has 4 rings (SSSR count). The molecule has 3 aromatic rings. The van der Waals surface area contributed by atoms with Gasteiger partial charge in [-0.2, -0.15) is 4.58 Å². The Bertz CT molecular complexity index is 1090. The van der Waals surface area contributed by atoms with Gasteiger partial charge in [-0.05, 0) is 48.2 Å². The lowest BCUT2D eigenvalue weighted by molar-refractivity contribution is -0.401. The van der Waals surface area contributed by atoms with E-state index in [1.807, 2.05) is 6.92 Å². The zero-order valence-electron chi connectivity index (χ0n) is 15.4. The van der Waals surface area contributed by atoms with Crippen LogP contribution in [0.5, 0.6) is 0 Å². The van der Waals surface area contributed by atoms with E-state index in [0.717, 1.165) is 6.42 Å². The monoisotopic (exact) mass is 356 g/mol. The van der Waals surface area contributed by atoms with E-state index >= 15 is 0 Å². The fourth-order valence-corrected chi connectivity index (χ4v) is 4.65. The molecule has 26 heavy (non-hydrogen) atoms. The van der Waals surface area contributed by atoms with Crippen molar-refractivity contribution in [1.82, 2.24) is 0 Å². The van der Waals surface area contributed by atoms with Crippen molar-refractivity contribution in [3.05, 3.63) is 70.4 Å². The van der Waals surface area contributed by atoms with Gasteiger partial charge < -0.3 is 0 Å².